The van der Waals surface area contributed by atoms with E-state index in [-0.39, 0.29) is 12.0 Å². The van der Waals surface area contributed by atoms with Crippen LogP contribution in [0, 0.1) is 5.92 Å². The van der Waals surface area contributed by atoms with Crippen molar-refractivity contribution in [1.29, 1.82) is 0 Å². The predicted molar refractivity (Wildman–Crippen MR) is 273 cm³/mol. The van der Waals surface area contributed by atoms with E-state index in [1.165, 1.54) is 61.3 Å². The molecule has 3 unspecified atom stereocenters. The summed E-state index contributed by atoms with van der Waals surface area (Å²) in [5.41, 5.74) is 16.7. The SMILES string of the molecule is CC1C=C(N(C2=CC3c4ccccc4N(c4ccccc4)C3C=C2)c2ccc(-c3ccc(N(c4ccccc4)c4ccc5c(c4)c4ccccc4n5-c4ccccc4)cc3)cc2)C=CC1. The summed E-state index contributed by atoms with van der Waals surface area (Å²) in [5.74, 6) is 0.688. The lowest BCUT2D eigenvalue weighted by molar-refractivity contribution is 0.719. The van der Waals surface area contributed by atoms with Gasteiger partial charge in [-0.25, -0.2) is 0 Å². The summed E-state index contributed by atoms with van der Waals surface area (Å²) in [7, 11) is 0. The minimum atomic E-state index is 0.211. The highest BCUT2D eigenvalue weighted by Crippen LogP contribution is 2.49. The Balaban J connectivity index is 0.878. The molecule has 2 heterocycles. The van der Waals surface area contributed by atoms with Gasteiger partial charge in [0.15, 0.2) is 0 Å². The van der Waals surface area contributed by atoms with Crippen LogP contribution in [0.3, 0.4) is 0 Å². The molecular weight excluding hydrogens is 789 g/mol. The quantitative estimate of drug-likeness (QED) is 0.144. The van der Waals surface area contributed by atoms with E-state index in [0.717, 1.165) is 34.9 Å². The number of benzene rings is 8. The van der Waals surface area contributed by atoms with E-state index in [2.05, 4.69) is 269 Å². The predicted octanol–water partition coefficient (Wildman–Crippen LogP) is 16.0. The van der Waals surface area contributed by atoms with Crippen LogP contribution in [0.5, 0.6) is 0 Å². The summed E-state index contributed by atoms with van der Waals surface area (Å²) < 4.78 is 2.37. The van der Waals surface area contributed by atoms with Gasteiger partial charge in [0.1, 0.15) is 0 Å². The Kier molecular flexibility index (Phi) is 9.64. The molecule has 0 spiro atoms. The first-order valence-electron chi connectivity index (χ1n) is 22.8. The molecule has 9 aromatic rings. The number of fused-ring (bicyclic) bond motifs is 6. The van der Waals surface area contributed by atoms with Gasteiger partial charge in [-0.15, -0.1) is 0 Å². The van der Waals surface area contributed by atoms with Gasteiger partial charge in [0.2, 0.25) is 0 Å². The van der Waals surface area contributed by atoms with Gasteiger partial charge in [0, 0.05) is 67.9 Å². The summed E-state index contributed by atoms with van der Waals surface area (Å²) in [6.45, 7) is 2.31. The zero-order chi connectivity index (χ0) is 43.3. The van der Waals surface area contributed by atoms with Gasteiger partial charge in [-0.1, -0.05) is 146 Å². The number of allylic oxidation sites excluding steroid dienone is 4. The Morgan fingerprint density at radius 2 is 1.03 bits per heavy atom. The molecule has 1 aliphatic heterocycles. The average Bonchev–Trinajstić information content (AvgIpc) is 3.88. The van der Waals surface area contributed by atoms with Crippen LogP contribution in [0.2, 0.25) is 0 Å². The Bertz CT molecular complexity index is 3310. The van der Waals surface area contributed by atoms with Crippen molar-refractivity contribution in [2.24, 2.45) is 5.92 Å². The first kappa shape index (κ1) is 38.6. The highest BCUT2D eigenvalue weighted by Gasteiger charge is 2.39. The molecule has 0 fully saturated rings. The van der Waals surface area contributed by atoms with Crippen LogP contribution in [0.1, 0.15) is 24.8 Å². The fourth-order valence-corrected chi connectivity index (χ4v) is 10.4. The van der Waals surface area contributed by atoms with E-state index in [1.807, 2.05) is 0 Å². The summed E-state index contributed by atoms with van der Waals surface area (Å²) in [6, 6.07) is 75.0. The number of nitrogens with zero attached hydrogens (tertiary/aromatic N) is 4. The second-order valence-corrected chi connectivity index (χ2v) is 17.4. The lowest BCUT2D eigenvalue weighted by Gasteiger charge is -2.34. The summed E-state index contributed by atoms with van der Waals surface area (Å²) >= 11 is 0. The summed E-state index contributed by atoms with van der Waals surface area (Å²) in [4.78, 5) is 7.31. The minimum absolute atomic E-state index is 0.211. The smallest absolute Gasteiger partial charge is 0.0631 e. The van der Waals surface area contributed by atoms with Crippen LogP contribution in [-0.2, 0) is 0 Å². The molecule has 2 aliphatic carbocycles. The Morgan fingerprint density at radius 3 is 1.75 bits per heavy atom. The molecule has 12 rings (SSSR count). The normalized spacial score (nSPS) is 17.4. The van der Waals surface area contributed by atoms with Crippen molar-refractivity contribution in [2.75, 3.05) is 14.7 Å². The van der Waals surface area contributed by atoms with E-state index in [9.17, 15) is 0 Å². The molecule has 3 atom stereocenters. The third-order valence-corrected chi connectivity index (χ3v) is 13.4. The molecule has 0 bridgehead atoms. The van der Waals surface area contributed by atoms with E-state index >= 15 is 0 Å². The van der Waals surface area contributed by atoms with Gasteiger partial charge in [-0.05, 0) is 132 Å². The van der Waals surface area contributed by atoms with Gasteiger partial charge in [-0.3, -0.25) is 0 Å². The molecule has 0 saturated carbocycles. The Labute approximate surface area is 381 Å². The van der Waals surface area contributed by atoms with Crippen molar-refractivity contribution in [3.8, 4) is 16.8 Å². The van der Waals surface area contributed by atoms with Gasteiger partial charge in [0.25, 0.3) is 0 Å². The lowest BCUT2D eigenvalue weighted by atomic mass is 9.89. The fourth-order valence-electron chi connectivity index (χ4n) is 10.4. The highest BCUT2D eigenvalue weighted by atomic mass is 15.2. The number of anilines is 6. The van der Waals surface area contributed by atoms with Crippen molar-refractivity contribution in [3.05, 3.63) is 260 Å². The van der Waals surface area contributed by atoms with Crippen LogP contribution in [0.4, 0.5) is 34.1 Å². The second-order valence-electron chi connectivity index (χ2n) is 17.4. The molecule has 1 aromatic heterocycles. The third kappa shape index (κ3) is 6.86. The van der Waals surface area contributed by atoms with Gasteiger partial charge in [-0.2, -0.15) is 0 Å². The number of hydrogen-bond donors (Lipinski definition) is 0. The van der Waals surface area contributed by atoms with Crippen LogP contribution in [0.25, 0.3) is 38.6 Å². The van der Waals surface area contributed by atoms with Crippen molar-refractivity contribution in [3.63, 3.8) is 0 Å². The summed E-state index contributed by atoms with van der Waals surface area (Å²) in [6.07, 6.45) is 15.3. The highest BCUT2D eigenvalue weighted by molar-refractivity contribution is 6.10. The Hall–Kier alpha value is -8.08. The first-order valence-corrected chi connectivity index (χ1v) is 22.8. The Morgan fingerprint density at radius 1 is 0.462 bits per heavy atom. The zero-order valence-electron chi connectivity index (χ0n) is 36.3. The molecule has 0 N–H and O–H groups in total. The second kappa shape index (κ2) is 16.2. The van der Waals surface area contributed by atoms with Crippen molar-refractivity contribution in [1.82, 2.24) is 4.57 Å². The summed E-state index contributed by atoms with van der Waals surface area (Å²) in [5, 5.41) is 2.46. The van der Waals surface area contributed by atoms with Crippen molar-refractivity contribution >= 4 is 55.9 Å². The molecule has 312 valence electrons. The lowest BCUT2D eigenvalue weighted by Crippen LogP contribution is -2.31. The van der Waals surface area contributed by atoms with E-state index < -0.39 is 0 Å². The molecule has 8 aromatic carbocycles. The maximum atomic E-state index is 2.50. The minimum Gasteiger partial charge on any atom is -0.333 e. The molecule has 0 radical (unpaired) electrons. The largest absolute Gasteiger partial charge is 0.333 e. The third-order valence-electron chi connectivity index (χ3n) is 13.4. The zero-order valence-corrected chi connectivity index (χ0v) is 36.3. The van der Waals surface area contributed by atoms with Crippen molar-refractivity contribution in [2.45, 2.75) is 25.3 Å². The van der Waals surface area contributed by atoms with Crippen LogP contribution >= 0.6 is 0 Å². The molecule has 3 aliphatic rings. The number of aromatic nitrogens is 1. The molecular formula is C61H48N4. The monoisotopic (exact) mass is 836 g/mol. The van der Waals surface area contributed by atoms with E-state index in [1.54, 1.807) is 0 Å². The maximum absolute atomic E-state index is 2.50. The maximum Gasteiger partial charge on any atom is 0.0631 e. The molecule has 4 nitrogen and oxygen atoms in total. The number of rotatable bonds is 9. The van der Waals surface area contributed by atoms with Crippen LogP contribution < -0.4 is 14.7 Å². The van der Waals surface area contributed by atoms with Crippen LogP contribution in [-0.4, -0.2) is 10.6 Å². The number of hydrogen-bond acceptors (Lipinski definition) is 3. The molecule has 4 heteroatoms. The van der Waals surface area contributed by atoms with Crippen molar-refractivity contribution < 1.29 is 0 Å². The van der Waals surface area contributed by atoms with Gasteiger partial charge in [0.05, 0.1) is 17.1 Å². The molecule has 0 amide bonds. The van der Waals surface area contributed by atoms with E-state index in [0.29, 0.717) is 5.92 Å². The topological polar surface area (TPSA) is 14.7 Å². The number of para-hydroxylation sites is 5. The van der Waals surface area contributed by atoms with E-state index in [4.69, 9.17) is 0 Å². The molecule has 65 heavy (non-hydrogen) atoms. The van der Waals surface area contributed by atoms with Crippen LogP contribution in [0.15, 0.2) is 254 Å². The van der Waals surface area contributed by atoms with Gasteiger partial charge < -0.3 is 19.3 Å². The van der Waals surface area contributed by atoms with Gasteiger partial charge >= 0.3 is 0 Å². The first-order chi connectivity index (χ1) is 32.2. The standard InChI is InChI=1S/C61H48N4/c1-43-16-15-23-51(40-43)63(53-37-39-61-57(42-53)55-25-12-14-27-59(55)65(61)48-21-9-4-10-22-48)50-34-30-45(31-35-50)44-28-32-49(33-29-44)62(46-17-5-2-6-18-46)52-36-38-60-56(41-52)54-24-11-13-26-58(54)64(60)47-19-7-3-8-20-47/h2-15,17-43,57,61H,16H2,1H3. The molecule has 0 saturated heterocycles. The average molecular weight is 837 g/mol. The fraction of sp³-hybridized carbons (Fsp3) is 0.0820.